The second-order valence-electron chi connectivity index (χ2n) is 11.4. The summed E-state index contributed by atoms with van der Waals surface area (Å²) in [6, 6.07) is 12.4. The molecule has 38 heavy (non-hydrogen) atoms. The van der Waals surface area contributed by atoms with Crippen molar-refractivity contribution in [3.05, 3.63) is 58.1 Å². The highest BCUT2D eigenvalue weighted by Gasteiger charge is 2.37. The molecule has 0 bridgehead atoms. The van der Waals surface area contributed by atoms with E-state index in [2.05, 4.69) is 43.0 Å². The molecule has 2 heterocycles. The second kappa shape index (κ2) is 12.4. The monoisotopic (exact) mass is 540 g/mol. The van der Waals surface area contributed by atoms with E-state index in [-0.39, 0.29) is 12.2 Å². The maximum atomic E-state index is 11.6. The average Bonchev–Trinajstić information content (AvgIpc) is 3.09. The SMILES string of the molecule is CCCc1cc(Cl)ccc1C1COc2ccc(C=O)cc2N(CC2CCC2CC2OCC(N(C)C)CO2)C1. The number of hydrogen-bond donors (Lipinski definition) is 0. The molecule has 1 aliphatic carbocycles. The summed E-state index contributed by atoms with van der Waals surface area (Å²) in [7, 11) is 4.14. The minimum atomic E-state index is -0.112. The number of halogens is 1. The highest BCUT2D eigenvalue weighted by atomic mass is 35.5. The molecule has 1 saturated heterocycles. The highest BCUT2D eigenvalue weighted by Crippen LogP contribution is 2.43. The van der Waals surface area contributed by atoms with Gasteiger partial charge in [0.05, 0.1) is 31.5 Å². The first-order valence-electron chi connectivity index (χ1n) is 14.1. The number of fused-ring (bicyclic) bond motifs is 1. The van der Waals surface area contributed by atoms with Gasteiger partial charge in [0.15, 0.2) is 6.29 Å². The molecule has 0 N–H and O–H groups in total. The Morgan fingerprint density at radius 2 is 1.84 bits per heavy atom. The van der Waals surface area contributed by atoms with Gasteiger partial charge in [0.2, 0.25) is 0 Å². The van der Waals surface area contributed by atoms with Crippen molar-refractivity contribution in [2.75, 3.05) is 51.9 Å². The molecule has 0 aromatic heterocycles. The third-order valence-electron chi connectivity index (χ3n) is 8.61. The van der Waals surface area contributed by atoms with Crippen LogP contribution in [0.15, 0.2) is 36.4 Å². The molecule has 3 unspecified atom stereocenters. The van der Waals surface area contributed by atoms with Crippen molar-refractivity contribution in [1.82, 2.24) is 4.90 Å². The Labute approximate surface area is 232 Å². The Hall–Kier alpha value is -2.12. The summed E-state index contributed by atoms with van der Waals surface area (Å²) in [5.74, 6) is 2.20. The van der Waals surface area contributed by atoms with Gasteiger partial charge in [-0.25, -0.2) is 0 Å². The number of ether oxygens (including phenoxy) is 3. The molecule has 2 aliphatic heterocycles. The van der Waals surface area contributed by atoms with Crippen LogP contribution < -0.4 is 9.64 Å². The summed E-state index contributed by atoms with van der Waals surface area (Å²) in [6.45, 7) is 6.04. The lowest BCUT2D eigenvalue weighted by atomic mass is 9.71. The normalized spacial score (nSPS) is 27.3. The van der Waals surface area contributed by atoms with E-state index in [1.165, 1.54) is 24.0 Å². The van der Waals surface area contributed by atoms with E-state index in [4.69, 9.17) is 25.8 Å². The van der Waals surface area contributed by atoms with Crippen LogP contribution in [0.5, 0.6) is 5.75 Å². The molecule has 1 saturated carbocycles. The van der Waals surface area contributed by atoms with Crippen LogP contribution in [-0.2, 0) is 15.9 Å². The van der Waals surface area contributed by atoms with Gasteiger partial charge in [0.25, 0.3) is 0 Å². The molecule has 0 amide bonds. The molecule has 5 rings (SSSR count). The van der Waals surface area contributed by atoms with E-state index < -0.39 is 0 Å². The lowest BCUT2D eigenvalue weighted by molar-refractivity contribution is -0.212. The summed E-state index contributed by atoms with van der Waals surface area (Å²) in [6.07, 6.45) is 6.22. The van der Waals surface area contributed by atoms with Crippen LogP contribution in [0, 0.1) is 11.8 Å². The number of nitrogens with zero attached hydrogens (tertiary/aromatic N) is 2. The average molecular weight is 541 g/mol. The van der Waals surface area contributed by atoms with Gasteiger partial charge in [-0.2, -0.15) is 0 Å². The Morgan fingerprint density at radius 3 is 2.53 bits per heavy atom. The molecule has 3 aliphatic rings. The van der Waals surface area contributed by atoms with Crippen molar-refractivity contribution in [2.45, 2.75) is 57.3 Å². The molecule has 206 valence electrons. The Morgan fingerprint density at radius 1 is 1.05 bits per heavy atom. The van der Waals surface area contributed by atoms with E-state index in [1.54, 1.807) is 0 Å². The van der Waals surface area contributed by atoms with Crippen molar-refractivity contribution in [3.8, 4) is 5.75 Å². The first-order chi connectivity index (χ1) is 18.4. The number of aldehydes is 1. The van der Waals surface area contributed by atoms with Gasteiger partial charge < -0.3 is 24.0 Å². The maximum absolute atomic E-state index is 11.6. The van der Waals surface area contributed by atoms with Gasteiger partial charge in [-0.1, -0.05) is 31.0 Å². The van der Waals surface area contributed by atoms with Crippen LogP contribution in [0.4, 0.5) is 5.69 Å². The van der Waals surface area contributed by atoms with E-state index in [0.29, 0.717) is 30.0 Å². The fourth-order valence-electron chi connectivity index (χ4n) is 6.09. The molecular formula is C31H41ClN2O4. The molecule has 2 aromatic carbocycles. The second-order valence-corrected chi connectivity index (χ2v) is 11.8. The van der Waals surface area contributed by atoms with Gasteiger partial charge in [-0.3, -0.25) is 4.79 Å². The quantitative estimate of drug-likeness (QED) is 0.374. The third kappa shape index (κ3) is 6.20. The van der Waals surface area contributed by atoms with Crippen molar-refractivity contribution >= 4 is 23.6 Å². The van der Waals surface area contributed by atoms with E-state index in [1.807, 2.05) is 24.3 Å². The highest BCUT2D eigenvalue weighted by molar-refractivity contribution is 6.30. The number of carbonyl (C=O) groups excluding carboxylic acids is 1. The molecule has 6 nitrogen and oxygen atoms in total. The maximum Gasteiger partial charge on any atom is 0.158 e. The van der Waals surface area contributed by atoms with Crippen molar-refractivity contribution in [3.63, 3.8) is 0 Å². The fourth-order valence-corrected chi connectivity index (χ4v) is 6.28. The van der Waals surface area contributed by atoms with Crippen LogP contribution in [-0.4, -0.2) is 70.5 Å². The Bertz CT molecular complexity index is 1100. The number of aryl methyl sites for hydroxylation is 1. The summed E-state index contributed by atoms with van der Waals surface area (Å²) < 4.78 is 18.5. The zero-order chi connectivity index (χ0) is 26.6. The van der Waals surface area contributed by atoms with Crippen molar-refractivity contribution in [2.24, 2.45) is 11.8 Å². The largest absolute Gasteiger partial charge is 0.491 e. The minimum absolute atomic E-state index is 0.112. The molecule has 0 spiro atoms. The van der Waals surface area contributed by atoms with E-state index in [9.17, 15) is 4.79 Å². The molecule has 3 atom stereocenters. The van der Waals surface area contributed by atoms with Gasteiger partial charge in [-0.15, -0.1) is 0 Å². The minimum Gasteiger partial charge on any atom is -0.491 e. The predicted octanol–water partition coefficient (Wildman–Crippen LogP) is 5.81. The van der Waals surface area contributed by atoms with E-state index in [0.717, 1.165) is 68.3 Å². The number of hydrogen-bond acceptors (Lipinski definition) is 6. The topological polar surface area (TPSA) is 51.2 Å². The van der Waals surface area contributed by atoms with Crippen LogP contribution in [0.1, 0.15) is 60.0 Å². The number of carbonyl (C=O) groups is 1. The first-order valence-corrected chi connectivity index (χ1v) is 14.5. The summed E-state index contributed by atoms with van der Waals surface area (Å²) in [5.41, 5.74) is 4.32. The lowest BCUT2D eigenvalue weighted by Gasteiger charge is -2.43. The van der Waals surface area contributed by atoms with Gasteiger partial charge >= 0.3 is 0 Å². The molecule has 0 radical (unpaired) electrons. The van der Waals surface area contributed by atoms with Crippen molar-refractivity contribution < 1.29 is 19.0 Å². The van der Waals surface area contributed by atoms with Gasteiger partial charge in [0.1, 0.15) is 12.0 Å². The number of anilines is 1. The summed E-state index contributed by atoms with van der Waals surface area (Å²) in [4.78, 5) is 16.3. The molecule has 2 fully saturated rings. The number of benzene rings is 2. The van der Waals surface area contributed by atoms with Crippen molar-refractivity contribution in [1.29, 1.82) is 0 Å². The number of rotatable bonds is 9. The lowest BCUT2D eigenvalue weighted by Crippen LogP contribution is -2.46. The van der Waals surface area contributed by atoms with E-state index >= 15 is 0 Å². The Balaban J connectivity index is 1.33. The van der Waals surface area contributed by atoms with Crippen LogP contribution in [0.25, 0.3) is 0 Å². The fraction of sp³-hybridized carbons (Fsp3) is 0.581. The molecule has 2 aromatic rings. The zero-order valence-electron chi connectivity index (χ0n) is 22.9. The van der Waals surface area contributed by atoms with Crippen LogP contribution >= 0.6 is 11.6 Å². The zero-order valence-corrected chi connectivity index (χ0v) is 23.7. The van der Waals surface area contributed by atoms with Gasteiger partial charge in [-0.05, 0) is 86.7 Å². The molecule has 7 heteroatoms. The standard InChI is InChI=1S/C31H41ClN2O4/c1-4-5-23-13-26(32)9-10-28(23)25-16-34(29-12-21(17-35)6-11-30(29)36-18-25)15-24-8-7-22(24)14-31-37-19-27(20-38-31)33(2)3/h6,9-13,17,22,24-25,27,31H,4-5,7-8,14-16,18-20H2,1-3H3. The Kier molecular flexibility index (Phi) is 8.94. The van der Waals surface area contributed by atoms with Crippen LogP contribution in [0.3, 0.4) is 0 Å². The summed E-state index contributed by atoms with van der Waals surface area (Å²) >= 11 is 6.38. The smallest absolute Gasteiger partial charge is 0.158 e. The molecular weight excluding hydrogens is 500 g/mol. The third-order valence-corrected chi connectivity index (χ3v) is 8.84. The first kappa shape index (κ1) is 27.4. The van der Waals surface area contributed by atoms with Crippen LogP contribution in [0.2, 0.25) is 5.02 Å². The predicted molar refractivity (Wildman–Crippen MR) is 152 cm³/mol. The summed E-state index contributed by atoms with van der Waals surface area (Å²) in [5, 5.41) is 0.781. The van der Waals surface area contributed by atoms with Gasteiger partial charge in [0, 0.05) is 36.0 Å². The number of likely N-dealkylation sites (N-methyl/N-ethyl adjacent to an activating group) is 1.